The maximum absolute atomic E-state index is 6.21. The predicted molar refractivity (Wildman–Crippen MR) is 78.5 cm³/mol. The number of rotatable bonds is 1. The summed E-state index contributed by atoms with van der Waals surface area (Å²) in [6.45, 7) is 6.66. The van der Waals surface area contributed by atoms with Crippen molar-refractivity contribution in [2.24, 2.45) is 0 Å². The van der Waals surface area contributed by atoms with Crippen LogP contribution in [0.3, 0.4) is 0 Å². The second kappa shape index (κ2) is 4.89. The van der Waals surface area contributed by atoms with Crippen LogP contribution in [0.25, 0.3) is 0 Å². The van der Waals surface area contributed by atoms with Gasteiger partial charge in [-0.25, -0.2) is 0 Å². The van der Waals surface area contributed by atoms with Gasteiger partial charge in [-0.3, -0.25) is 0 Å². The molecule has 1 saturated heterocycles. The van der Waals surface area contributed by atoms with Gasteiger partial charge in [0.05, 0.1) is 11.4 Å². The summed E-state index contributed by atoms with van der Waals surface area (Å²) in [5.74, 6) is 0. The van der Waals surface area contributed by atoms with Crippen LogP contribution in [0, 0.1) is 6.92 Å². The highest BCUT2D eigenvalue weighted by Gasteiger charge is 2.27. The normalized spacial score (nSPS) is 25.1. The summed E-state index contributed by atoms with van der Waals surface area (Å²) in [4.78, 5) is 2.47. The molecule has 1 aliphatic heterocycles. The Balaban J connectivity index is 2.44. The summed E-state index contributed by atoms with van der Waals surface area (Å²) in [5, 5.41) is 0. The van der Waals surface area contributed by atoms with Crippen molar-refractivity contribution in [1.82, 2.24) is 0 Å². The lowest BCUT2D eigenvalue weighted by Gasteiger charge is -2.42. The summed E-state index contributed by atoms with van der Waals surface area (Å²) in [6, 6.07) is 5.36. The molecular formula is C14H21BrN2. The van der Waals surface area contributed by atoms with Crippen LogP contribution in [0.5, 0.6) is 0 Å². The van der Waals surface area contributed by atoms with E-state index < -0.39 is 0 Å². The molecule has 2 unspecified atom stereocenters. The Morgan fingerprint density at radius 2 is 1.82 bits per heavy atom. The smallest absolute Gasteiger partial charge is 0.0749 e. The van der Waals surface area contributed by atoms with Crippen LogP contribution in [0.2, 0.25) is 0 Å². The fourth-order valence-electron chi connectivity index (χ4n) is 2.90. The molecule has 0 aliphatic carbocycles. The van der Waals surface area contributed by atoms with E-state index in [0.717, 1.165) is 10.2 Å². The Morgan fingerprint density at radius 3 is 2.35 bits per heavy atom. The van der Waals surface area contributed by atoms with Gasteiger partial charge in [-0.2, -0.15) is 0 Å². The van der Waals surface area contributed by atoms with Gasteiger partial charge in [0.2, 0.25) is 0 Å². The van der Waals surface area contributed by atoms with E-state index in [4.69, 9.17) is 5.73 Å². The predicted octanol–water partition coefficient (Wildman–Crippen LogP) is 4.11. The van der Waals surface area contributed by atoms with Crippen molar-refractivity contribution in [3.63, 3.8) is 0 Å². The molecule has 0 bridgehead atoms. The molecule has 0 amide bonds. The molecular weight excluding hydrogens is 276 g/mol. The van der Waals surface area contributed by atoms with Gasteiger partial charge in [0.1, 0.15) is 0 Å². The van der Waals surface area contributed by atoms with Crippen LogP contribution >= 0.6 is 15.9 Å². The topological polar surface area (TPSA) is 29.3 Å². The zero-order chi connectivity index (χ0) is 12.6. The molecule has 2 N–H and O–H groups in total. The maximum Gasteiger partial charge on any atom is 0.0749 e. The summed E-state index contributed by atoms with van der Waals surface area (Å²) in [6.07, 6.45) is 3.83. The van der Waals surface area contributed by atoms with Gasteiger partial charge in [-0.05, 0) is 73.7 Å². The van der Waals surface area contributed by atoms with Crippen molar-refractivity contribution in [1.29, 1.82) is 0 Å². The average molecular weight is 297 g/mol. The lowest BCUT2D eigenvalue weighted by molar-refractivity contribution is 0.414. The molecule has 1 aromatic carbocycles. The number of hydrogen-bond donors (Lipinski definition) is 1. The van der Waals surface area contributed by atoms with Gasteiger partial charge in [-0.1, -0.05) is 0 Å². The minimum atomic E-state index is 0.569. The van der Waals surface area contributed by atoms with E-state index in [-0.39, 0.29) is 0 Å². The Bertz CT molecular complexity index is 384. The van der Waals surface area contributed by atoms with Crippen molar-refractivity contribution >= 4 is 27.3 Å². The fraction of sp³-hybridized carbons (Fsp3) is 0.571. The van der Waals surface area contributed by atoms with Crippen molar-refractivity contribution in [3.05, 3.63) is 22.2 Å². The Hall–Kier alpha value is -0.700. The van der Waals surface area contributed by atoms with Crippen LogP contribution in [0.4, 0.5) is 11.4 Å². The molecule has 2 rings (SSSR count). The number of halogens is 1. The number of anilines is 2. The highest BCUT2D eigenvalue weighted by atomic mass is 79.9. The molecule has 1 heterocycles. The first-order valence-corrected chi connectivity index (χ1v) is 7.14. The van der Waals surface area contributed by atoms with Crippen molar-refractivity contribution in [3.8, 4) is 0 Å². The lowest BCUT2D eigenvalue weighted by Crippen LogP contribution is -2.44. The number of nitrogen functional groups attached to an aromatic ring is 1. The van der Waals surface area contributed by atoms with Crippen LogP contribution in [0.1, 0.15) is 38.7 Å². The number of nitrogens with two attached hydrogens (primary N) is 1. The van der Waals surface area contributed by atoms with E-state index >= 15 is 0 Å². The standard InChI is InChI=1S/C14H21BrN2/c1-9-7-12(15)14(13(16)8-9)17-10(2)5-4-6-11(17)3/h7-8,10-11H,4-6,16H2,1-3H3. The quantitative estimate of drug-likeness (QED) is 0.790. The van der Waals surface area contributed by atoms with E-state index in [1.807, 2.05) is 0 Å². The minimum absolute atomic E-state index is 0.569. The van der Waals surface area contributed by atoms with Crippen molar-refractivity contribution in [2.75, 3.05) is 10.6 Å². The Morgan fingerprint density at radius 1 is 1.24 bits per heavy atom. The first kappa shape index (κ1) is 12.7. The molecule has 94 valence electrons. The third-order valence-electron chi connectivity index (χ3n) is 3.69. The van der Waals surface area contributed by atoms with Crippen LogP contribution in [-0.2, 0) is 0 Å². The van der Waals surface area contributed by atoms with Gasteiger partial charge in [0.15, 0.2) is 0 Å². The molecule has 17 heavy (non-hydrogen) atoms. The molecule has 0 radical (unpaired) electrons. The zero-order valence-electron chi connectivity index (χ0n) is 10.8. The molecule has 1 aliphatic rings. The monoisotopic (exact) mass is 296 g/mol. The number of piperidine rings is 1. The van der Waals surface area contributed by atoms with Crippen LogP contribution < -0.4 is 10.6 Å². The average Bonchev–Trinajstić information content (AvgIpc) is 2.21. The number of hydrogen-bond acceptors (Lipinski definition) is 2. The Labute approximate surface area is 112 Å². The largest absolute Gasteiger partial charge is 0.397 e. The zero-order valence-corrected chi connectivity index (χ0v) is 12.4. The molecule has 2 nitrogen and oxygen atoms in total. The fourth-order valence-corrected chi connectivity index (χ4v) is 3.69. The van der Waals surface area contributed by atoms with Gasteiger partial charge in [-0.15, -0.1) is 0 Å². The highest BCUT2D eigenvalue weighted by Crippen LogP contribution is 2.39. The van der Waals surface area contributed by atoms with Crippen LogP contribution in [-0.4, -0.2) is 12.1 Å². The molecule has 3 heteroatoms. The van der Waals surface area contributed by atoms with Crippen molar-refractivity contribution < 1.29 is 0 Å². The molecule has 0 spiro atoms. The third-order valence-corrected chi connectivity index (χ3v) is 4.29. The van der Waals surface area contributed by atoms with E-state index in [2.05, 4.69) is 53.7 Å². The number of nitrogens with zero attached hydrogens (tertiary/aromatic N) is 1. The summed E-state index contributed by atoms with van der Waals surface area (Å²) >= 11 is 3.67. The van der Waals surface area contributed by atoms with E-state index in [9.17, 15) is 0 Å². The van der Waals surface area contributed by atoms with Crippen molar-refractivity contribution in [2.45, 2.75) is 52.1 Å². The lowest BCUT2D eigenvalue weighted by atomic mass is 9.96. The summed E-state index contributed by atoms with van der Waals surface area (Å²) in [5.41, 5.74) is 9.47. The minimum Gasteiger partial charge on any atom is -0.397 e. The molecule has 2 atom stereocenters. The second-order valence-corrected chi connectivity index (χ2v) is 6.08. The van der Waals surface area contributed by atoms with E-state index in [0.29, 0.717) is 12.1 Å². The van der Waals surface area contributed by atoms with Gasteiger partial charge in [0.25, 0.3) is 0 Å². The third kappa shape index (κ3) is 2.44. The summed E-state index contributed by atoms with van der Waals surface area (Å²) in [7, 11) is 0. The van der Waals surface area contributed by atoms with E-state index in [1.165, 1.54) is 30.5 Å². The van der Waals surface area contributed by atoms with E-state index in [1.54, 1.807) is 0 Å². The first-order valence-electron chi connectivity index (χ1n) is 6.34. The Kier molecular flexibility index (Phi) is 3.67. The molecule has 1 fully saturated rings. The molecule has 0 aromatic heterocycles. The highest BCUT2D eigenvalue weighted by molar-refractivity contribution is 9.10. The number of benzene rings is 1. The molecule has 1 aromatic rings. The van der Waals surface area contributed by atoms with Gasteiger partial charge < -0.3 is 10.6 Å². The second-order valence-electron chi connectivity index (χ2n) is 5.22. The maximum atomic E-state index is 6.21. The van der Waals surface area contributed by atoms with Gasteiger partial charge >= 0.3 is 0 Å². The SMILES string of the molecule is Cc1cc(N)c(N2C(C)CCCC2C)c(Br)c1. The molecule has 0 saturated carbocycles. The van der Waals surface area contributed by atoms with Crippen LogP contribution in [0.15, 0.2) is 16.6 Å². The summed E-state index contributed by atoms with van der Waals surface area (Å²) < 4.78 is 1.12. The first-order chi connectivity index (χ1) is 8.00. The van der Waals surface area contributed by atoms with Gasteiger partial charge in [0, 0.05) is 16.6 Å². The number of aryl methyl sites for hydroxylation is 1.